The second-order valence-corrected chi connectivity index (χ2v) is 5.09. The molecule has 0 N–H and O–H groups in total. The Morgan fingerprint density at radius 1 is 1.36 bits per heavy atom. The maximum Gasteiger partial charge on any atom is 0.205 e. The van der Waals surface area contributed by atoms with Crippen molar-refractivity contribution in [1.82, 2.24) is 0 Å². The van der Waals surface area contributed by atoms with Crippen LogP contribution in [0.3, 0.4) is 0 Å². The summed E-state index contributed by atoms with van der Waals surface area (Å²) in [6, 6.07) is 3.79. The molecule has 1 aromatic rings. The molecule has 0 amide bonds. The van der Waals surface area contributed by atoms with E-state index in [1.807, 2.05) is 12.1 Å². The lowest BCUT2D eigenvalue weighted by molar-refractivity contribution is -0.164. The summed E-state index contributed by atoms with van der Waals surface area (Å²) in [6.45, 7) is 1.23. The van der Waals surface area contributed by atoms with Crippen LogP contribution in [0.2, 0.25) is 4.34 Å². The van der Waals surface area contributed by atoms with Gasteiger partial charge in [-0.25, -0.2) is 0 Å². The number of hydrogen-bond donors (Lipinski definition) is 0. The van der Waals surface area contributed by atoms with E-state index in [-0.39, 0.29) is 0 Å². The molecule has 2 heterocycles. The van der Waals surface area contributed by atoms with Gasteiger partial charge in [0.2, 0.25) is 5.79 Å². The van der Waals surface area contributed by atoms with Crippen LogP contribution in [-0.2, 0) is 15.3 Å². The number of rotatable bonds is 3. The zero-order valence-corrected chi connectivity index (χ0v) is 9.79. The van der Waals surface area contributed by atoms with Crippen molar-refractivity contribution in [3.05, 3.63) is 21.3 Å². The van der Waals surface area contributed by atoms with E-state index in [1.165, 1.54) is 11.3 Å². The minimum atomic E-state index is -0.639. The maximum absolute atomic E-state index is 5.88. The van der Waals surface area contributed by atoms with Crippen LogP contribution in [0, 0.1) is 0 Å². The average molecular weight is 253 g/mol. The summed E-state index contributed by atoms with van der Waals surface area (Å²) in [6.07, 6.45) is 0.658. The van der Waals surface area contributed by atoms with Crippen molar-refractivity contribution in [1.29, 1.82) is 0 Å². The van der Waals surface area contributed by atoms with Crippen LogP contribution in [0.25, 0.3) is 0 Å². The van der Waals surface area contributed by atoms with Crippen molar-refractivity contribution < 1.29 is 9.47 Å². The molecule has 14 heavy (non-hydrogen) atoms. The Morgan fingerprint density at radius 2 is 2.07 bits per heavy atom. The van der Waals surface area contributed by atoms with Gasteiger partial charge in [0.25, 0.3) is 0 Å². The van der Waals surface area contributed by atoms with Crippen molar-refractivity contribution in [2.45, 2.75) is 12.2 Å². The quantitative estimate of drug-likeness (QED) is 0.770. The number of hydrogen-bond acceptors (Lipinski definition) is 3. The van der Waals surface area contributed by atoms with Crippen LogP contribution in [-0.4, -0.2) is 19.1 Å². The third kappa shape index (κ3) is 1.92. The number of alkyl halides is 1. The minimum absolute atomic E-state index is 0.509. The Labute approximate surface area is 96.7 Å². The average Bonchev–Trinajstić information content (AvgIpc) is 2.75. The largest absolute Gasteiger partial charge is 0.343 e. The van der Waals surface area contributed by atoms with E-state index in [0.29, 0.717) is 25.5 Å². The second-order valence-electron chi connectivity index (χ2n) is 2.99. The van der Waals surface area contributed by atoms with Gasteiger partial charge in [-0.2, -0.15) is 0 Å². The molecule has 1 fully saturated rings. The normalized spacial score (nSPS) is 20.1. The van der Waals surface area contributed by atoms with E-state index in [2.05, 4.69) is 0 Å². The van der Waals surface area contributed by atoms with Gasteiger partial charge in [-0.3, -0.25) is 0 Å². The lowest BCUT2D eigenvalue weighted by Gasteiger charge is -2.24. The third-order valence-corrected chi connectivity index (χ3v) is 3.67. The molecule has 0 atom stereocenters. The van der Waals surface area contributed by atoms with Crippen molar-refractivity contribution >= 4 is 34.5 Å². The van der Waals surface area contributed by atoms with E-state index in [1.54, 1.807) is 0 Å². The van der Waals surface area contributed by atoms with Gasteiger partial charge in [-0.1, -0.05) is 11.6 Å². The lowest BCUT2D eigenvalue weighted by Crippen LogP contribution is -2.26. The molecule has 0 bridgehead atoms. The molecule has 0 aromatic carbocycles. The summed E-state index contributed by atoms with van der Waals surface area (Å²) < 4.78 is 12.0. The summed E-state index contributed by atoms with van der Waals surface area (Å²) in [5.41, 5.74) is 0. The van der Waals surface area contributed by atoms with Crippen LogP contribution in [0.4, 0.5) is 0 Å². The Kier molecular flexibility index (Phi) is 3.34. The summed E-state index contributed by atoms with van der Waals surface area (Å²) >= 11 is 13.1. The van der Waals surface area contributed by atoms with Gasteiger partial charge in [-0.15, -0.1) is 22.9 Å². The predicted molar refractivity (Wildman–Crippen MR) is 58.2 cm³/mol. The van der Waals surface area contributed by atoms with Crippen LogP contribution < -0.4 is 0 Å². The van der Waals surface area contributed by atoms with Crippen molar-refractivity contribution in [2.75, 3.05) is 19.1 Å². The Morgan fingerprint density at radius 3 is 2.57 bits per heavy atom. The van der Waals surface area contributed by atoms with Gasteiger partial charge in [0.15, 0.2) is 0 Å². The molecule has 0 radical (unpaired) electrons. The summed E-state index contributed by atoms with van der Waals surface area (Å²) in [7, 11) is 0. The molecule has 78 valence electrons. The molecule has 0 aliphatic carbocycles. The Balaban J connectivity index is 2.26. The highest BCUT2D eigenvalue weighted by molar-refractivity contribution is 7.16. The zero-order chi connectivity index (χ0) is 10.0. The fourth-order valence-corrected chi connectivity index (χ4v) is 2.93. The van der Waals surface area contributed by atoms with Gasteiger partial charge in [-0.05, 0) is 12.1 Å². The molecule has 1 aliphatic heterocycles. The van der Waals surface area contributed by atoms with Crippen molar-refractivity contribution in [3.63, 3.8) is 0 Å². The maximum atomic E-state index is 5.88. The zero-order valence-electron chi connectivity index (χ0n) is 7.46. The first-order chi connectivity index (χ1) is 6.77. The molecule has 2 rings (SSSR count). The van der Waals surface area contributed by atoms with E-state index in [9.17, 15) is 0 Å². The van der Waals surface area contributed by atoms with Crippen molar-refractivity contribution in [3.8, 4) is 0 Å². The first-order valence-corrected chi connectivity index (χ1v) is 6.09. The van der Waals surface area contributed by atoms with Crippen molar-refractivity contribution in [2.24, 2.45) is 0 Å². The second kappa shape index (κ2) is 4.37. The first-order valence-electron chi connectivity index (χ1n) is 4.36. The minimum Gasteiger partial charge on any atom is -0.343 e. The van der Waals surface area contributed by atoms with Gasteiger partial charge in [0, 0.05) is 12.3 Å². The third-order valence-electron chi connectivity index (χ3n) is 2.13. The topological polar surface area (TPSA) is 18.5 Å². The molecule has 0 unspecified atom stereocenters. The standard InChI is InChI=1S/C9H10Cl2O2S/c10-4-3-9(12-5-6-13-9)7-1-2-8(11)14-7/h1-2H,3-6H2. The van der Waals surface area contributed by atoms with E-state index in [4.69, 9.17) is 32.7 Å². The van der Waals surface area contributed by atoms with Crippen LogP contribution in [0.5, 0.6) is 0 Å². The molecule has 1 saturated heterocycles. The molecule has 0 saturated carbocycles. The predicted octanol–water partition coefficient (Wildman–Crippen LogP) is 3.23. The molecule has 0 spiro atoms. The SMILES string of the molecule is ClCCC1(c2ccc(Cl)s2)OCCO1. The Bertz CT molecular complexity index is 308. The van der Waals surface area contributed by atoms with Gasteiger partial charge in [0.1, 0.15) is 0 Å². The van der Waals surface area contributed by atoms with Crippen LogP contribution >= 0.6 is 34.5 Å². The van der Waals surface area contributed by atoms with E-state index < -0.39 is 5.79 Å². The van der Waals surface area contributed by atoms with E-state index >= 15 is 0 Å². The molecule has 2 nitrogen and oxygen atoms in total. The first kappa shape index (κ1) is 10.7. The van der Waals surface area contributed by atoms with Gasteiger partial charge in [0.05, 0.1) is 22.4 Å². The number of thiophene rings is 1. The molecule has 1 aromatic heterocycles. The molecule has 1 aliphatic rings. The van der Waals surface area contributed by atoms with Crippen LogP contribution in [0.15, 0.2) is 12.1 Å². The fourth-order valence-electron chi connectivity index (χ4n) is 1.51. The molecular formula is C9H10Cl2O2S. The molecule has 5 heteroatoms. The number of ether oxygens (including phenoxy) is 2. The monoisotopic (exact) mass is 252 g/mol. The highest BCUT2D eigenvalue weighted by atomic mass is 35.5. The smallest absolute Gasteiger partial charge is 0.205 e. The van der Waals surface area contributed by atoms with Gasteiger partial charge < -0.3 is 9.47 Å². The summed E-state index contributed by atoms with van der Waals surface area (Å²) in [4.78, 5) is 1.00. The highest BCUT2D eigenvalue weighted by Gasteiger charge is 2.39. The van der Waals surface area contributed by atoms with Gasteiger partial charge >= 0.3 is 0 Å². The summed E-state index contributed by atoms with van der Waals surface area (Å²) in [5.74, 6) is -0.130. The van der Waals surface area contributed by atoms with E-state index in [0.717, 1.165) is 9.21 Å². The highest BCUT2D eigenvalue weighted by Crippen LogP contribution is 2.40. The summed E-state index contributed by atoms with van der Waals surface area (Å²) in [5, 5.41) is 0. The van der Waals surface area contributed by atoms with Crippen LogP contribution in [0.1, 0.15) is 11.3 Å². The fraction of sp³-hybridized carbons (Fsp3) is 0.556. The lowest BCUT2D eigenvalue weighted by atomic mass is 10.2. The molecular weight excluding hydrogens is 243 g/mol. The Hall–Kier alpha value is 0.200. The number of halogens is 2.